The summed E-state index contributed by atoms with van der Waals surface area (Å²) in [6.07, 6.45) is 4.87. The third-order valence-electron chi connectivity index (χ3n) is 4.26. The van der Waals surface area contributed by atoms with Crippen LogP contribution in [0.4, 0.5) is 5.82 Å². The van der Waals surface area contributed by atoms with Crippen LogP contribution in [-0.2, 0) is 0 Å². The van der Waals surface area contributed by atoms with Crippen molar-refractivity contribution in [2.45, 2.75) is 32.8 Å². The SMILES string of the molecule is Cc1noc(C)c1C(=O)N1CCCC(Oc2nccnc2N(C)C)C1. The van der Waals surface area contributed by atoms with Crippen molar-refractivity contribution in [2.75, 3.05) is 32.1 Å². The molecule has 1 aliphatic rings. The highest BCUT2D eigenvalue weighted by Gasteiger charge is 2.29. The largest absolute Gasteiger partial charge is 0.470 e. The summed E-state index contributed by atoms with van der Waals surface area (Å²) in [5.41, 5.74) is 1.17. The molecule has 25 heavy (non-hydrogen) atoms. The number of aryl methyl sites for hydroxylation is 2. The van der Waals surface area contributed by atoms with E-state index >= 15 is 0 Å². The first-order chi connectivity index (χ1) is 12.0. The third kappa shape index (κ3) is 3.57. The number of amides is 1. The van der Waals surface area contributed by atoms with E-state index in [0.717, 1.165) is 12.8 Å². The monoisotopic (exact) mass is 345 g/mol. The van der Waals surface area contributed by atoms with Crippen LogP contribution in [0.15, 0.2) is 16.9 Å². The van der Waals surface area contributed by atoms with E-state index < -0.39 is 0 Å². The van der Waals surface area contributed by atoms with Gasteiger partial charge < -0.3 is 19.1 Å². The number of rotatable bonds is 4. The zero-order chi connectivity index (χ0) is 18.0. The molecule has 8 heteroatoms. The molecule has 2 aromatic rings. The Bertz CT molecular complexity index is 739. The summed E-state index contributed by atoms with van der Waals surface area (Å²) in [6, 6.07) is 0. The van der Waals surface area contributed by atoms with Crippen molar-refractivity contribution in [3.8, 4) is 5.88 Å². The first kappa shape index (κ1) is 17.2. The van der Waals surface area contributed by atoms with Crippen LogP contribution in [0, 0.1) is 13.8 Å². The molecule has 1 amide bonds. The van der Waals surface area contributed by atoms with E-state index in [2.05, 4.69) is 15.1 Å². The zero-order valence-corrected chi connectivity index (χ0v) is 15.0. The highest BCUT2D eigenvalue weighted by Crippen LogP contribution is 2.25. The fraction of sp³-hybridized carbons (Fsp3) is 0.529. The van der Waals surface area contributed by atoms with Crippen molar-refractivity contribution in [3.05, 3.63) is 29.4 Å². The molecule has 0 saturated carbocycles. The average Bonchev–Trinajstić information content (AvgIpc) is 2.93. The van der Waals surface area contributed by atoms with Crippen LogP contribution in [0.2, 0.25) is 0 Å². The van der Waals surface area contributed by atoms with Gasteiger partial charge in [0.25, 0.3) is 11.8 Å². The first-order valence-corrected chi connectivity index (χ1v) is 8.34. The minimum Gasteiger partial charge on any atom is -0.470 e. The van der Waals surface area contributed by atoms with Gasteiger partial charge in [0, 0.05) is 33.0 Å². The number of carbonyl (C=O) groups is 1. The summed E-state index contributed by atoms with van der Waals surface area (Å²) >= 11 is 0. The lowest BCUT2D eigenvalue weighted by Crippen LogP contribution is -2.44. The maximum atomic E-state index is 12.8. The molecule has 2 aromatic heterocycles. The van der Waals surface area contributed by atoms with Gasteiger partial charge in [-0.2, -0.15) is 0 Å². The molecular weight excluding hydrogens is 322 g/mol. The van der Waals surface area contributed by atoms with Crippen LogP contribution in [0.1, 0.15) is 34.7 Å². The molecule has 8 nitrogen and oxygen atoms in total. The Balaban J connectivity index is 1.73. The maximum Gasteiger partial charge on any atom is 0.259 e. The maximum absolute atomic E-state index is 12.8. The number of carbonyl (C=O) groups excluding carboxylic acids is 1. The van der Waals surface area contributed by atoms with E-state index in [9.17, 15) is 4.79 Å². The highest BCUT2D eigenvalue weighted by molar-refractivity contribution is 5.96. The Morgan fingerprint density at radius 3 is 2.76 bits per heavy atom. The van der Waals surface area contributed by atoms with Crippen LogP contribution in [0.25, 0.3) is 0 Å². The molecule has 1 unspecified atom stereocenters. The van der Waals surface area contributed by atoms with Crippen molar-refractivity contribution < 1.29 is 14.1 Å². The minimum absolute atomic E-state index is 0.0588. The minimum atomic E-state index is -0.117. The first-order valence-electron chi connectivity index (χ1n) is 8.34. The lowest BCUT2D eigenvalue weighted by atomic mass is 10.1. The van der Waals surface area contributed by atoms with E-state index in [-0.39, 0.29) is 12.0 Å². The Morgan fingerprint density at radius 2 is 2.08 bits per heavy atom. The molecule has 1 fully saturated rings. The Labute approximate surface area is 146 Å². The Hall–Kier alpha value is -2.64. The Kier molecular flexibility index (Phi) is 4.87. The molecule has 3 heterocycles. The predicted molar refractivity (Wildman–Crippen MR) is 91.9 cm³/mol. The van der Waals surface area contributed by atoms with Gasteiger partial charge in [0.15, 0.2) is 5.82 Å². The van der Waals surface area contributed by atoms with E-state index in [1.165, 1.54) is 0 Å². The van der Waals surface area contributed by atoms with Crippen molar-refractivity contribution >= 4 is 11.7 Å². The number of piperidine rings is 1. The Morgan fingerprint density at radius 1 is 1.32 bits per heavy atom. The summed E-state index contributed by atoms with van der Waals surface area (Å²) in [5.74, 6) is 1.66. The molecule has 0 aromatic carbocycles. The number of nitrogens with zero attached hydrogens (tertiary/aromatic N) is 5. The van der Waals surface area contributed by atoms with Crippen molar-refractivity contribution in [3.63, 3.8) is 0 Å². The molecule has 1 aliphatic heterocycles. The molecule has 0 aliphatic carbocycles. The lowest BCUT2D eigenvalue weighted by molar-refractivity contribution is 0.0526. The van der Waals surface area contributed by atoms with E-state index in [1.807, 2.05) is 19.0 Å². The van der Waals surface area contributed by atoms with Crippen molar-refractivity contribution in [1.82, 2.24) is 20.0 Å². The summed E-state index contributed by atoms with van der Waals surface area (Å²) in [4.78, 5) is 25.1. The summed E-state index contributed by atoms with van der Waals surface area (Å²) in [7, 11) is 3.79. The molecule has 1 saturated heterocycles. The number of ether oxygens (including phenoxy) is 1. The highest BCUT2D eigenvalue weighted by atomic mass is 16.5. The number of anilines is 1. The second-order valence-electron chi connectivity index (χ2n) is 6.41. The molecule has 0 N–H and O–H groups in total. The van der Waals surface area contributed by atoms with Gasteiger partial charge in [-0.3, -0.25) is 4.79 Å². The molecule has 1 atom stereocenters. The van der Waals surface area contributed by atoms with Crippen LogP contribution >= 0.6 is 0 Å². The standard InChI is InChI=1S/C17H23N5O3/c1-11-14(12(2)25-20-11)17(23)22-9-5-6-13(10-22)24-16-15(21(3)4)18-7-8-19-16/h7-8,13H,5-6,9-10H2,1-4H3. The molecule has 134 valence electrons. The van der Waals surface area contributed by atoms with Crippen molar-refractivity contribution in [1.29, 1.82) is 0 Å². The smallest absolute Gasteiger partial charge is 0.259 e. The molecule has 0 spiro atoms. The molecular formula is C17H23N5O3. The van der Waals surface area contributed by atoms with E-state index in [0.29, 0.717) is 41.8 Å². The number of aromatic nitrogens is 3. The summed E-state index contributed by atoms with van der Waals surface area (Å²) in [5, 5.41) is 3.87. The third-order valence-corrected chi connectivity index (χ3v) is 4.26. The van der Waals surface area contributed by atoms with E-state index in [1.54, 1.807) is 31.1 Å². The molecule has 0 radical (unpaired) electrons. The second kappa shape index (κ2) is 7.08. The number of hydrogen-bond acceptors (Lipinski definition) is 7. The zero-order valence-electron chi connectivity index (χ0n) is 15.0. The average molecular weight is 345 g/mol. The quantitative estimate of drug-likeness (QED) is 0.836. The molecule has 3 rings (SSSR count). The number of hydrogen-bond donors (Lipinski definition) is 0. The van der Waals surface area contributed by atoms with Gasteiger partial charge in [-0.05, 0) is 26.7 Å². The fourth-order valence-electron chi connectivity index (χ4n) is 3.03. The van der Waals surface area contributed by atoms with Crippen molar-refractivity contribution in [2.24, 2.45) is 0 Å². The van der Waals surface area contributed by atoms with Crippen LogP contribution < -0.4 is 9.64 Å². The number of likely N-dealkylation sites (tertiary alicyclic amines) is 1. The van der Waals surface area contributed by atoms with Crippen LogP contribution in [0.3, 0.4) is 0 Å². The summed E-state index contributed by atoms with van der Waals surface area (Å²) in [6.45, 7) is 4.74. The van der Waals surface area contributed by atoms with Gasteiger partial charge in [-0.1, -0.05) is 5.16 Å². The fourth-order valence-corrected chi connectivity index (χ4v) is 3.03. The van der Waals surface area contributed by atoms with Gasteiger partial charge in [-0.15, -0.1) is 0 Å². The second-order valence-corrected chi connectivity index (χ2v) is 6.41. The molecule has 0 bridgehead atoms. The van der Waals surface area contributed by atoms with Gasteiger partial charge in [0.2, 0.25) is 0 Å². The van der Waals surface area contributed by atoms with Gasteiger partial charge in [-0.25, -0.2) is 9.97 Å². The van der Waals surface area contributed by atoms with Gasteiger partial charge in [0.05, 0.1) is 12.2 Å². The van der Waals surface area contributed by atoms with Crippen LogP contribution in [0.5, 0.6) is 5.88 Å². The topological polar surface area (TPSA) is 84.6 Å². The van der Waals surface area contributed by atoms with Crippen LogP contribution in [-0.4, -0.2) is 59.2 Å². The predicted octanol–water partition coefficient (Wildman–Crippen LogP) is 1.83. The summed E-state index contributed by atoms with van der Waals surface area (Å²) < 4.78 is 11.2. The normalized spacial score (nSPS) is 17.4. The van der Waals surface area contributed by atoms with E-state index in [4.69, 9.17) is 9.26 Å². The lowest BCUT2D eigenvalue weighted by Gasteiger charge is -2.33. The van der Waals surface area contributed by atoms with Gasteiger partial charge in [0.1, 0.15) is 17.4 Å². The van der Waals surface area contributed by atoms with Gasteiger partial charge >= 0.3 is 0 Å².